The van der Waals surface area contributed by atoms with E-state index in [1.165, 1.54) is 12.1 Å². The van der Waals surface area contributed by atoms with Crippen LogP contribution in [0.3, 0.4) is 0 Å². The van der Waals surface area contributed by atoms with Crippen LogP contribution >= 0.6 is 11.3 Å². The van der Waals surface area contributed by atoms with Crippen LogP contribution < -0.4 is 15.0 Å². The van der Waals surface area contributed by atoms with Crippen molar-refractivity contribution in [3.05, 3.63) is 59.1 Å². The molecule has 0 bridgehead atoms. The van der Waals surface area contributed by atoms with Gasteiger partial charge in [-0.2, -0.15) is 0 Å². The molecular weight excluding hydrogens is 464 g/mol. The average Bonchev–Trinajstić information content (AvgIpc) is 3.40. The van der Waals surface area contributed by atoms with Gasteiger partial charge in [-0.3, -0.25) is 14.9 Å². The van der Waals surface area contributed by atoms with Gasteiger partial charge in [0, 0.05) is 24.6 Å². The topological polar surface area (TPSA) is 119 Å². The highest BCUT2D eigenvalue weighted by atomic mass is 32.2. The molecule has 9 nitrogen and oxygen atoms in total. The van der Waals surface area contributed by atoms with Crippen molar-refractivity contribution in [2.24, 2.45) is 0 Å². The Bertz CT molecular complexity index is 1270. The van der Waals surface area contributed by atoms with Gasteiger partial charge in [0.1, 0.15) is 16.5 Å². The van der Waals surface area contributed by atoms with E-state index in [4.69, 9.17) is 4.74 Å². The Morgan fingerprint density at radius 3 is 2.52 bits per heavy atom. The summed E-state index contributed by atoms with van der Waals surface area (Å²) in [7, 11) is -2.19. The minimum Gasteiger partial charge on any atom is -0.497 e. The quantitative estimate of drug-likeness (QED) is 0.545. The van der Waals surface area contributed by atoms with Crippen LogP contribution in [0.15, 0.2) is 53.4 Å². The number of hydrogen-bond donors (Lipinski definition) is 1. The summed E-state index contributed by atoms with van der Waals surface area (Å²) in [4.78, 5) is 26.6. The third-order valence-electron chi connectivity index (χ3n) is 5.25. The highest BCUT2D eigenvalue weighted by Gasteiger charge is 2.34. The summed E-state index contributed by atoms with van der Waals surface area (Å²) in [5.74, 6) is -0.885. The van der Waals surface area contributed by atoms with Gasteiger partial charge < -0.3 is 9.64 Å². The van der Waals surface area contributed by atoms with Crippen LogP contribution in [0.2, 0.25) is 0 Å². The molecule has 3 aromatic rings. The van der Waals surface area contributed by atoms with E-state index in [1.54, 1.807) is 36.3 Å². The second-order valence-corrected chi connectivity index (χ2v) is 10.7. The Hall–Kier alpha value is -3.31. The van der Waals surface area contributed by atoms with Crippen molar-refractivity contribution in [3.8, 4) is 5.75 Å². The highest BCUT2D eigenvalue weighted by molar-refractivity contribution is 7.92. The van der Waals surface area contributed by atoms with E-state index in [0.29, 0.717) is 17.3 Å². The lowest BCUT2D eigenvalue weighted by Crippen LogP contribution is -2.24. The van der Waals surface area contributed by atoms with Gasteiger partial charge in [0.2, 0.25) is 16.9 Å². The lowest BCUT2D eigenvalue weighted by Gasteiger charge is -2.16. The predicted molar refractivity (Wildman–Crippen MR) is 124 cm³/mol. The summed E-state index contributed by atoms with van der Waals surface area (Å²) in [6.45, 7) is 2.29. The summed E-state index contributed by atoms with van der Waals surface area (Å²) < 4.78 is 30.1. The number of rotatable bonds is 7. The van der Waals surface area contributed by atoms with Crippen molar-refractivity contribution < 1.29 is 22.7 Å². The van der Waals surface area contributed by atoms with Gasteiger partial charge in [-0.15, -0.1) is 10.2 Å². The van der Waals surface area contributed by atoms with E-state index in [-0.39, 0.29) is 28.3 Å². The van der Waals surface area contributed by atoms with Gasteiger partial charge >= 0.3 is 0 Å². The Balaban J connectivity index is 1.39. The zero-order valence-corrected chi connectivity index (χ0v) is 19.6. The summed E-state index contributed by atoms with van der Waals surface area (Å²) in [5, 5.41) is 11.4. The summed E-state index contributed by atoms with van der Waals surface area (Å²) in [6.07, 6.45) is 0.274. The monoisotopic (exact) mass is 486 g/mol. The average molecular weight is 487 g/mol. The maximum absolute atomic E-state index is 12.5. The van der Waals surface area contributed by atoms with Crippen molar-refractivity contribution >= 4 is 43.8 Å². The van der Waals surface area contributed by atoms with E-state index in [2.05, 4.69) is 15.5 Å². The zero-order valence-electron chi connectivity index (χ0n) is 18.0. The Labute approximate surface area is 195 Å². The predicted octanol–water partition coefficient (Wildman–Crippen LogP) is 2.79. The van der Waals surface area contributed by atoms with E-state index in [9.17, 15) is 18.0 Å². The largest absolute Gasteiger partial charge is 0.497 e. The van der Waals surface area contributed by atoms with Crippen molar-refractivity contribution in [2.45, 2.75) is 24.2 Å². The number of nitrogens with zero attached hydrogens (tertiary/aromatic N) is 3. The first kappa shape index (κ1) is 22.9. The Morgan fingerprint density at radius 2 is 1.85 bits per heavy atom. The maximum atomic E-state index is 12.5. The number of sulfone groups is 1. The standard InChI is InChI=1S/C22H22N4O5S2/c1-14-3-9-18(10-4-14)33(29,30)13-19(27)23-22-25-24-21(32-22)15-11-20(28)26(12-15)16-5-7-17(31-2)8-6-16/h3-10,15H,11-13H2,1-2H3,(H,23,25,27). The van der Waals surface area contributed by atoms with Crippen LogP contribution in [0.5, 0.6) is 5.75 Å². The van der Waals surface area contributed by atoms with Gasteiger partial charge in [0.25, 0.3) is 0 Å². The third-order valence-corrected chi connectivity index (χ3v) is 7.88. The van der Waals surface area contributed by atoms with Gasteiger partial charge in [-0.05, 0) is 43.3 Å². The van der Waals surface area contributed by atoms with Gasteiger partial charge in [-0.25, -0.2) is 8.42 Å². The van der Waals surface area contributed by atoms with Gasteiger partial charge in [0.05, 0.1) is 12.0 Å². The number of nitrogens with one attached hydrogen (secondary N) is 1. The van der Waals surface area contributed by atoms with Crippen LogP contribution in [-0.2, 0) is 19.4 Å². The van der Waals surface area contributed by atoms with Gasteiger partial charge in [-0.1, -0.05) is 29.0 Å². The lowest BCUT2D eigenvalue weighted by molar-refractivity contribution is -0.117. The van der Waals surface area contributed by atoms with E-state index in [0.717, 1.165) is 22.6 Å². The smallest absolute Gasteiger partial charge is 0.241 e. The molecule has 11 heteroatoms. The molecule has 4 rings (SSSR count). The Kier molecular flexibility index (Phi) is 6.43. The number of anilines is 2. The van der Waals surface area contributed by atoms with E-state index < -0.39 is 21.5 Å². The van der Waals surface area contributed by atoms with Crippen molar-refractivity contribution in [3.63, 3.8) is 0 Å². The molecule has 1 aliphatic heterocycles. The van der Waals surface area contributed by atoms with E-state index >= 15 is 0 Å². The lowest BCUT2D eigenvalue weighted by atomic mass is 10.1. The fraction of sp³-hybridized carbons (Fsp3) is 0.273. The van der Waals surface area contributed by atoms with Crippen molar-refractivity contribution in [1.29, 1.82) is 0 Å². The van der Waals surface area contributed by atoms with Crippen LogP contribution in [0.4, 0.5) is 10.8 Å². The van der Waals surface area contributed by atoms with Crippen molar-refractivity contribution in [2.75, 3.05) is 29.6 Å². The second-order valence-electron chi connectivity index (χ2n) is 7.67. The first-order chi connectivity index (χ1) is 15.7. The molecule has 1 atom stereocenters. The second kappa shape index (κ2) is 9.28. The molecule has 0 saturated carbocycles. The SMILES string of the molecule is COc1ccc(N2CC(c3nnc(NC(=O)CS(=O)(=O)c4ccc(C)cc4)s3)CC2=O)cc1. The molecule has 1 saturated heterocycles. The first-order valence-electron chi connectivity index (χ1n) is 10.1. The highest BCUT2D eigenvalue weighted by Crippen LogP contribution is 2.34. The molecule has 2 amide bonds. The Morgan fingerprint density at radius 1 is 1.15 bits per heavy atom. The summed E-state index contributed by atoms with van der Waals surface area (Å²) in [6, 6.07) is 13.5. The maximum Gasteiger partial charge on any atom is 0.241 e. The number of carbonyl (C=O) groups excluding carboxylic acids is 2. The molecule has 2 aromatic carbocycles. The first-order valence-corrected chi connectivity index (χ1v) is 12.6. The van der Waals surface area contributed by atoms with Crippen LogP contribution in [0.1, 0.15) is 22.9 Å². The number of ether oxygens (including phenoxy) is 1. The molecule has 1 N–H and O–H groups in total. The van der Waals surface area contributed by atoms with Crippen LogP contribution in [0.25, 0.3) is 0 Å². The molecule has 0 spiro atoms. The van der Waals surface area contributed by atoms with Crippen LogP contribution in [0, 0.1) is 6.92 Å². The molecular formula is C22H22N4O5S2. The molecule has 1 aliphatic rings. The fourth-order valence-electron chi connectivity index (χ4n) is 3.49. The normalized spacial score (nSPS) is 16.1. The number of benzene rings is 2. The van der Waals surface area contributed by atoms with Crippen LogP contribution in [-0.4, -0.2) is 49.8 Å². The van der Waals surface area contributed by atoms with Gasteiger partial charge in [0.15, 0.2) is 9.84 Å². The molecule has 0 radical (unpaired) electrons. The number of aromatic nitrogens is 2. The third kappa shape index (κ3) is 5.20. The number of aryl methyl sites for hydroxylation is 1. The summed E-state index contributed by atoms with van der Waals surface area (Å²) >= 11 is 1.14. The molecule has 1 unspecified atom stereocenters. The molecule has 2 heterocycles. The zero-order chi connectivity index (χ0) is 23.6. The minimum atomic E-state index is -3.77. The number of methoxy groups -OCH3 is 1. The molecule has 172 valence electrons. The number of amides is 2. The fourth-order valence-corrected chi connectivity index (χ4v) is 5.48. The number of carbonyl (C=O) groups is 2. The molecule has 33 heavy (non-hydrogen) atoms. The van der Waals surface area contributed by atoms with Crippen molar-refractivity contribution in [1.82, 2.24) is 10.2 Å². The van der Waals surface area contributed by atoms with E-state index in [1.807, 2.05) is 19.1 Å². The molecule has 0 aliphatic carbocycles. The number of hydrogen-bond acceptors (Lipinski definition) is 8. The minimum absolute atomic E-state index is 0.0323. The summed E-state index contributed by atoms with van der Waals surface area (Å²) in [5.41, 5.74) is 1.69. The molecule has 1 fully saturated rings. The molecule has 1 aromatic heterocycles.